The molecule has 0 aliphatic carbocycles. The standard InChI is InChI=1S/C21H20Cl2N4O/c1-15-2-5-17(6-3-15)27-9-8-24-21(27)26-12-10-25(11-13-26)20(28)18-14-16(22)4-7-19(18)23/h2-9,14H,10-13H2,1H3. The van der Waals surface area contributed by atoms with Crippen molar-refractivity contribution in [2.45, 2.75) is 6.92 Å². The lowest BCUT2D eigenvalue weighted by atomic mass is 10.2. The molecule has 28 heavy (non-hydrogen) atoms. The summed E-state index contributed by atoms with van der Waals surface area (Å²) in [6.07, 6.45) is 3.77. The van der Waals surface area contributed by atoms with Gasteiger partial charge >= 0.3 is 0 Å². The first kappa shape index (κ1) is 18.8. The topological polar surface area (TPSA) is 41.4 Å². The van der Waals surface area contributed by atoms with E-state index in [1.54, 1.807) is 24.4 Å². The number of hydrogen-bond acceptors (Lipinski definition) is 3. The zero-order chi connectivity index (χ0) is 19.7. The minimum Gasteiger partial charge on any atom is -0.338 e. The molecule has 1 aliphatic heterocycles. The van der Waals surface area contributed by atoms with Crippen LogP contribution in [0, 0.1) is 6.92 Å². The first-order valence-electron chi connectivity index (χ1n) is 9.12. The van der Waals surface area contributed by atoms with Gasteiger partial charge in [0.15, 0.2) is 0 Å². The second kappa shape index (κ2) is 7.86. The van der Waals surface area contributed by atoms with Gasteiger partial charge in [0.05, 0.1) is 10.6 Å². The summed E-state index contributed by atoms with van der Waals surface area (Å²) in [5, 5.41) is 0.929. The van der Waals surface area contributed by atoms with Gasteiger partial charge < -0.3 is 9.80 Å². The molecular weight excluding hydrogens is 395 g/mol. The van der Waals surface area contributed by atoms with E-state index < -0.39 is 0 Å². The molecule has 144 valence electrons. The normalized spacial score (nSPS) is 14.4. The number of rotatable bonds is 3. The summed E-state index contributed by atoms with van der Waals surface area (Å²) in [6, 6.07) is 13.3. The van der Waals surface area contributed by atoms with Crippen molar-refractivity contribution in [2.24, 2.45) is 0 Å². The monoisotopic (exact) mass is 414 g/mol. The van der Waals surface area contributed by atoms with Crippen molar-refractivity contribution in [1.29, 1.82) is 0 Å². The molecule has 0 radical (unpaired) electrons. The number of carbonyl (C=O) groups excluding carboxylic acids is 1. The molecule has 0 atom stereocenters. The molecule has 7 heteroatoms. The van der Waals surface area contributed by atoms with Crippen LogP contribution in [-0.2, 0) is 0 Å². The van der Waals surface area contributed by atoms with Crippen molar-refractivity contribution in [3.63, 3.8) is 0 Å². The highest BCUT2D eigenvalue weighted by Gasteiger charge is 2.25. The van der Waals surface area contributed by atoms with Gasteiger partial charge in [0.2, 0.25) is 5.95 Å². The van der Waals surface area contributed by atoms with E-state index >= 15 is 0 Å². The van der Waals surface area contributed by atoms with Gasteiger partial charge in [-0.25, -0.2) is 4.98 Å². The predicted molar refractivity (Wildman–Crippen MR) is 113 cm³/mol. The molecule has 2 heterocycles. The van der Waals surface area contributed by atoms with Crippen LogP contribution in [0.15, 0.2) is 54.9 Å². The van der Waals surface area contributed by atoms with Gasteiger partial charge in [-0.2, -0.15) is 0 Å². The predicted octanol–water partition coefficient (Wildman–Crippen LogP) is 4.45. The van der Waals surface area contributed by atoms with Crippen molar-refractivity contribution in [3.8, 4) is 5.69 Å². The molecule has 0 spiro atoms. The van der Waals surface area contributed by atoms with Crippen LogP contribution in [-0.4, -0.2) is 46.5 Å². The number of imidazole rings is 1. The molecule has 1 aliphatic rings. The van der Waals surface area contributed by atoms with Crippen LogP contribution in [0.25, 0.3) is 5.69 Å². The Balaban J connectivity index is 1.48. The maximum Gasteiger partial charge on any atom is 0.255 e. The van der Waals surface area contributed by atoms with Gasteiger partial charge in [0.25, 0.3) is 5.91 Å². The summed E-state index contributed by atoms with van der Waals surface area (Å²) in [5.41, 5.74) is 2.74. The Hall–Kier alpha value is -2.50. The Morgan fingerprint density at radius 1 is 1.00 bits per heavy atom. The van der Waals surface area contributed by atoms with Gasteiger partial charge in [-0.15, -0.1) is 0 Å². The Bertz CT molecular complexity index is 992. The summed E-state index contributed by atoms with van der Waals surface area (Å²) >= 11 is 12.2. The number of benzene rings is 2. The van der Waals surface area contributed by atoms with Gasteiger partial charge in [0, 0.05) is 49.3 Å². The highest BCUT2D eigenvalue weighted by molar-refractivity contribution is 6.35. The summed E-state index contributed by atoms with van der Waals surface area (Å²) in [6.45, 7) is 4.67. The number of piperazine rings is 1. The van der Waals surface area contributed by atoms with E-state index in [0.29, 0.717) is 41.8 Å². The average Bonchev–Trinajstić information content (AvgIpc) is 3.20. The second-order valence-electron chi connectivity index (χ2n) is 6.84. The van der Waals surface area contributed by atoms with Gasteiger partial charge in [0.1, 0.15) is 0 Å². The lowest BCUT2D eigenvalue weighted by Crippen LogP contribution is -2.49. The zero-order valence-corrected chi connectivity index (χ0v) is 17.0. The van der Waals surface area contributed by atoms with E-state index in [-0.39, 0.29) is 5.91 Å². The summed E-state index contributed by atoms with van der Waals surface area (Å²) in [7, 11) is 0. The van der Waals surface area contributed by atoms with Gasteiger partial charge in [-0.3, -0.25) is 9.36 Å². The third kappa shape index (κ3) is 3.73. The molecule has 1 amide bonds. The van der Waals surface area contributed by atoms with E-state index in [1.165, 1.54) is 5.56 Å². The van der Waals surface area contributed by atoms with Crippen LogP contribution in [0.2, 0.25) is 10.0 Å². The number of hydrogen-bond donors (Lipinski definition) is 0. The van der Waals surface area contributed by atoms with Crippen LogP contribution in [0.3, 0.4) is 0 Å². The minimum atomic E-state index is -0.0889. The Morgan fingerprint density at radius 3 is 2.43 bits per heavy atom. The third-order valence-electron chi connectivity index (χ3n) is 4.94. The number of halogens is 2. The fourth-order valence-corrected chi connectivity index (χ4v) is 3.75. The third-order valence-corrected chi connectivity index (χ3v) is 5.51. The highest BCUT2D eigenvalue weighted by atomic mass is 35.5. The van der Waals surface area contributed by atoms with Crippen molar-refractivity contribution >= 4 is 35.1 Å². The molecule has 3 aromatic rings. The van der Waals surface area contributed by atoms with E-state index in [9.17, 15) is 4.79 Å². The summed E-state index contributed by atoms with van der Waals surface area (Å²) in [5.74, 6) is 0.797. The lowest BCUT2D eigenvalue weighted by Gasteiger charge is -2.35. The second-order valence-corrected chi connectivity index (χ2v) is 7.68. The van der Waals surface area contributed by atoms with E-state index in [1.807, 2.05) is 11.1 Å². The number of aromatic nitrogens is 2. The Morgan fingerprint density at radius 2 is 1.71 bits per heavy atom. The Labute approximate surface area is 174 Å². The molecule has 5 nitrogen and oxygen atoms in total. The van der Waals surface area contributed by atoms with Crippen molar-refractivity contribution in [1.82, 2.24) is 14.5 Å². The molecule has 0 bridgehead atoms. The molecular formula is C21H20Cl2N4O. The molecule has 1 fully saturated rings. The van der Waals surface area contributed by atoms with Crippen LogP contribution >= 0.6 is 23.2 Å². The minimum absolute atomic E-state index is 0.0889. The van der Waals surface area contributed by atoms with E-state index in [2.05, 4.69) is 45.6 Å². The van der Waals surface area contributed by atoms with Crippen LogP contribution in [0.4, 0.5) is 5.95 Å². The van der Waals surface area contributed by atoms with Crippen LogP contribution < -0.4 is 4.90 Å². The smallest absolute Gasteiger partial charge is 0.255 e. The van der Waals surface area contributed by atoms with Crippen LogP contribution in [0.5, 0.6) is 0 Å². The Kier molecular flexibility index (Phi) is 5.29. The first-order chi connectivity index (χ1) is 13.5. The maximum atomic E-state index is 12.8. The molecule has 4 rings (SSSR count). The molecule has 1 saturated heterocycles. The SMILES string of the molecule is Cc1ccc(-n2ccnc2N2CCN(C(=O)c3cc(Cl)ccc3Cl)CC2)cc1. The molecule has 0 N–H and O–H groups in total. The summed E-state index contributed by atoms with van der Waals surface area (Å²) in [4.78, 5) is 21.4. The van der Waals surface area contributed by atoms with Crippen molar-refractivity contribution in [3.05, 3.63) is 76.0 Å². The van der Waals surface area contributed by atoms with Crippen molar-refractivity contribution in [2.75, 3.05) is 31.1 Å². The molecule has 2 aromatic carbocycles. The van der Waals surface area contributed by atoms with Crippen LogP contribution in [0.1, 0.15) is 15.9 Å². The fourth-order valence-electron chi connectivity index (χ4n) is 3.38. The quantitative estimate of drug-likeness (QED) is 0.635. The number of aryl methyl sites for hydroxylation is 1. The molecule has 1 aromatic heterocycles. The first-order valence-corrected chi connectivity index (χ1v) is 9.88. The molecule has 0 unspecified atom stereocenters. The number of nitrogens with zero attached hydrogens (tertiary/aromatic N) is 4. The van der Waals surface area contributed by atoms with Crippen molar-refractivity contribution < 1.29 is 4.79 Å². The largest absolute Gasteiger partial charge is 0.338 e. The van der Waals surface area contributed by atoms with E-state index in [0.717, 1.165) is 11.6 Å². The number of amides is 1. The zero-order valence-electron chi connectivity index (χ0n) is 15.5. The summed E-state index contributed by atoms with van der Waals surface area (Å²) < 4.78 is 2.07. The van der Waals surface area contributed by atoms with Gasteiger partial charge in [-0.1, -0.05) is 40.9 Å². The molecule has 0 saturated carbocycles. The maximum absolute atomic E-state index is 12.8. The highest BCUT2D eigenvalue weighted by Crippen LogP contribution is 2.24. The van der Waals surface area contributed by atoms with Gasteiger partial charge in [-0.05, 0) is 37.3 Å². The average molecular weight is 415 g/mol. The fraction of sp³-hybridized carbons (Fsp3) is 0.238. The van der Waals surface area contributed by atoms with E-state index in [4.69, 9.17) is 23.2 Å². The lowest BCUT2D eigenvalue weighted by molar-refractivity contribution is 0.0746. The number of carbonyl (C=O) groups is 1. The number of anilines is 1.